The molecule has 2 N–H and O–H groups in total. The van der Waals surface area contributed by atoms with Crippen molar-refractivity contribution >= 4 is 6.09 Å². The lowest BCUT2D eigenvalue weighted by Crippen LogP contribution is -2.50. The second-order valence-corrected chi connectivity index (χ2v) is 4.86. The Bertz CT molecular complexity index is 225. The first kappa shape index (κ1) is 12.3. The minimum absolute atomic E-state index is 0.353. The fourth-order valence-corrected chi connectivity index (χ4v) is 1.49. The quantitative estimate of drug-likeness (QED) is 0.683. The van der Waals surface area contributed by atoms with Gasteiger partial charge < -0.3 is 9.84 Å². The van der Waals surface area contributed by atoms with Crippen LogP contribution in [0.1, 0.15) is 33.6 Å². The van der Waals surface area contributed by atoms with Crippen molar-refractivity contribution in [3.8, 4) is 0 Å². The minimum atomic E-state index is -0.488. The number of carbonyl (C=O) groups is 1. The highest BCUT2D eigenvalue weighted by molar-refractivity contribution is 5.67. The molecule has 0 aromatic heterocycles. The van der Waals surface area contributed by atoms with Crippen LogP contribution in [-0.2, 0) is 4.74 Å². The molecule has 1 aliphatic heterocycles. The summed E-state index contributed by atoms with van der Waals surface area (Å²) in [4.78, 5) is 11.4. The highest BCUT2D eigenvalue weighted by atomic mass is 16.6. The number of nitrogens with one attached hydrogen (secondary N) is 1. The molecule has 5 heteroatoms. The molecule has 0 unspecified atom stereocenters. The van der Waals surface area contributed by atoms with E-state index in [1.807, 2.05) is 20.8 Å². The summed E-state index contributed by atoms with van der Waals surface area (Å²) in [5, 5.41) is 11.1. The van der Waals surface area contributed by atoms with Crippen molar-refractivity contribution in [1.29, 1.82) is 0 Å². The van der Waals surface area contributed by atoms with Crippen molar-refractivity contribution < 1.29 is 14.6 Å². The van der Waals surface area contributed by atoms with Gasteiger partial charge in [-0.1, -0.05) is 0 Å². The van der Waals surface area contributed by atoms with E-state index in [0.29, 0.717) is 6.54 Å². The van der Waals surface area contributed by atoms with Crippen LogP contribution in [0.25, 0.3) is 0 Å². The van der Waals surface area contributed by atoms with E-state index in [2.05, 4.69) is 5.43 Å². The number of nitrogens with zero attached hydrogens (tertiary/aromatic N) is 1. The standard InChI is InChI=1S/C10H20N2O3/c1-10(2,3)15-9(14)11-12-6-4-5-8(13)7-12/h8,13H,4-7H2,1-3H3,(H,11,14)/t8-/m0/s1. The van der Waals surface area contributed by atoms with E-state index in [9.17, 15) is 9.90 Å². The molecule has 88 valence electrons. The van der Waals surface area contributed by atoms with Crippen LogP contribution in [0, 0.1) is 0 Å². The molecule has 1 atom stereocenters. The summed E-state index contributed by atoms with van der Waals surface area (Å²) in [7, 11) is 0. The van der Waals surface area contributed by atoms with Gasteiger partial charge >= 0.3 is 6.09 Å². The summed E-state index contributed by atoms with van der Waals surface area (Å²) in [6, 6.07) is 0. The number of aliphatic hydroxyl groups is 1. The maximum Gasteiger partial charge on any atom is 0.422 e. The molecule has 1 saturated heterocycles. The van der Waals surface area contributed by atoms with Gasteiger partial charge in [-0.05, 0) is 33.6 Å². The van der Waals surface area contributed by atoms with Crippen LogP contribution < -0.4 is 5.43 Å². The van der Waals surface area contributed by atoms with Crippen molar-refractivity contribution in [2.75, 3.05) is 13.1 Å². The smallest absolute Gasteiger partial charge is 0.422 e. The molecule has 1 heterocycles. The maximum absolute atomic E-state index is 11.4. The van der Waals surface area contributed by atoms with Gasteiger partial charge in [-0.25, -0.2) is 9.80 Å². The number of piperidine rings is 1. The number of aliphatic hydroxyl groups excluding tert-OH is 1. The van der Waals surface area contributed by atoms with Gasteiger partial charge in [-0.2, -0.15) is 0 Å². The average Bonchev–Trinajstić information content (AvgIpc) is 1.99. The van der Waals surface area contributed by atoms with Crippen LogP contribution in [0.3, 0.4) is 0 Å². The zero-order valence-electron chi connectivity index (χ0n) is 9.62. The van der Waals surface area contributed by atoms with Gasteiger partial charge in [0.05, 0.1) is 6.10 Å². The molecule has 5 nitrogen and oxygen atoms in total. The van der Waals surface area contributed by atoms with Gasteiger partial charge in [0.1, 0.15) is 5.60 Å². The van der Waals surface area contributed by atoms with Gasteiger partial charge in [-0.15, -0.1) is 0 Å². The predicted octanol–water partition coefficient (Wildman–Crippen LogP) is 0.883. The summed E-state index contributed by atoms with van der Waals surface area (Å²) in [5.74, 6) is 0. The lowest BCUT2D eigenvalue weighted by atomic mass is 10.1. The van der Waals surface area contributed by atoms with Gasteiger partial charge in [-0.3, -0.25) is 5.43 Å². The summed E-state index contributed by atoms with van der Waals surface area (Å²) in [5.41, 5.74) is 2.13. The molecule has 0 aromatic rings. The molecule has 15 heavy (non-hydrogen) atoms. The van der Waals surface area contributed by atoms with Crippen molar-refractivity contribution in [3.63, 3.8) is 0 Å². The molecule has 0 radical (unpaired) electrons. The number of hydrogen-bond acceptors (Lipinski definition) is 4. The Morgan fingerprint density at radius 3 is 2.73 bits per heavy atom. The molecule has 1 fully saturated rings. The topological polar surface area (TPSA) is 61.8 Å². The summed E-state index contributed by atoms with van der Waals surface area (Å²) in [6.45, 7) is 6.68. The molecule has 0 aromatic carbocycles. The summed E-state index contributed by atoms with van der Waals surface area (Å²) in [6.07, 6.45) is 0.869. The SMILES string of the molecule is CC(C)(C)OC(=O)NN1CCC[C@H](O)C1. The van der Waals surface area contributed by atoms with Gasteiger partial charge in [0, 0.05) is 13.1 Å². The third kappa shape index (κ3) is 4.99. The highest BCUT2D eigenvalue weighted by Gasteiger charge is 2.22. The van der Waals surface area contributed by atoms with E-state index in [1.165, 1.54) is 0 Å². The predicted molar refractivity (Wildman–Crippen MR) is 56.2 cm³/mol. The number of hydrogen-bond donors (Lipinski definition) is 2. The van der Waals surface area contributed by atoms with Gasteiger partial charge in [0.2, 0.25) is 0 Å². The first-order valence-corrected chi connectivity index (χ1v) is 5.29. The Labute approximate surface area is 90.4 Å². The van der Waals surface area contributed by atoms with E-state index >= 15 is 0 Å². The fourth-order valence-electron chi connectivity index (χ4n) is 1.49. The van der Waals surface area contributed by atoms with Crippen LogP contribution in [0.5, 0.6) is 0 Å². The highest BCUT2D eigenvalue weighted by Crippen LogP contribution is 2.09. The van der Waals surface area contributed by atoms with Crippen LogP contribution in [0.15, 0.2) is 0 Å². The number of rotatable bonds is 1. The number of ether oxygens (including phenoxy) is 1. The van der Waals surface area contributed by atoms with Crippen LogP contribution >= 0.6 is 0 Å². The van der Waals surface area contributed by atoms with Crippen molar-refractivity contribution in [3.05, 3.63) is 0 Å². The first-order chi connectivity index (χ1) is 6.87. The Hall–Kier alpha value is -0.810. The molecule has 0 spiro atoms. The Morgan fingerprint density at radius 1 is 1.53 bits per heavy atom. The Kier molecular flexibility index (Phi) is 3.93. The Balaban J connectivity index is 2.31. The molecular formula is C10H20N2O3. The van der Waals surface area contributed by atoms with E-state index < -0.39 is 11.7 Å². The van der Waals surface area contributed by atoms with E-state index in [0.717, 1.165) is 19.4 Å². The van der Waals surface area contributed by atoms with E-state index in [1.54, 1.807) is 5.01 Å². The van der Waals surface area contributed by atoms with E-state index in [-0.39, 0.29) is 6.10 Å². The summed E-state index contributed by atoms with van der Waals surface area (Å²) < 4.78 is 5.10. The molecular weight excluding hydrogens is 196 g/mol. The maximum atomic E-state index is 11.4. The zero-order valence-corrected chi connectivity index (χ0v) is 9.62. The first-order valence-electron chi connectivity index (χ1n) is 5.29. The molecule has 1 aliphatic rings. The van der Waals surface area contributed by atoms with Crippen LogP contribution in [0.4, 0.5) is 4.79 Å². The molecule has 0 aliphatic carbocycles. The van der Waals surface area contributed by atoms with Crippen molar-refractivity contribution in [2.45, 2.75) is 45.3 Å². The molecule has 0 saturated carbocycles. The monoisotopic (exact) mass is 216 g/mol. The van der Waals surface area contributed by atoms with Gasteiger partial charge in [0.25, 0.3) is 0 Å². The second kappa shape index (κ2) is 4.81. The van der Waals surface area contributed by atoms with Crippen LogP contribution in [-0.4, -0.2) is 41.0 Å². The minimum Gasteiger partial charge on any atom is -0.443 e. The zero-order chi connectivity index (χ0) is 11.5. The van der Waals surface area contributed by atoms with Gasteiger partial charge in [0.15, 0.2) is 0 Å². The average molecular weight is 216 g/mol. The normalized spacial score (nSPS) is 23.6. The third-order valence-corrected chi connectivity index (χ3v) is 2.04. The Morgan fingerprint density at radius 2 is 2.20 bits per heavy atom. The second-order valence-electron chi connectivity index (χ2n) is 4.86. The number of hydrazine groups is 1. The fraction of sp³-hybridized carbons (Fsp3) is 0.900. The summed E-state index contributed by atoms with van der Waals surface area (Å²) >= 11 is 0. The lowest BCUT2D eigenvalue weighted by molar-refractivity contribution is 0.00933. The molecule has 1 rings (SSSR count). The van der Waals surface area contributed by atoms with Crippen molar-refractivity contribution in [1.82, 2.24) is 10.4 Å². The van der Waals surface area contributed by atoms with Crippen LogP contribution in [0.2, 0.25) is 0 Å². The molecule has 1 amide bonds. The molecule has 0 bridgehead atoms. The third-order valence-electron chi connectivity index (χ3n) is 2.04. The largest absolute Gasteiger partial charge is 0.443 e. The van der Waals surface area contributed by atoms with Crippen molar-refractivity contribution in [2.24, 2.45) is 0 Å². The number of amides is 1. The lowest BCUT2D eigenvalue weighted by Gasteiger charge is -2.31. The number of carbonyl (C=O) groups excluding carboxylic acids is 1. The number of β-amino-alcohol motifs (C(OH)–C–C–N with tert-alkyl or cyclic N) is 1. The van der Waals surface area contributed by atoms with E-state index in [4.69, 9.17) is 4.74 Å².